The van der Waals surface area contributed by atoms with Crippen LogP contribution in [0.2, 0.25) is 0 Å². The minimum Gasteiger partial charge on any atom is -0.350 e. The Morgan fingerprint density at radius 3 is 3.12 bits per heavy atom. The number of pyridine rings is 1. The smallest absolute Gasteiger partial charge is 0.130 e. The molecule has 0 spiro atoms. The Hall–Kier alpha value is -1.64. The average Bonchev–Trinajstić information content (AvgIpc) is 2.38. The lowest BCUT2D eigenvalue weighted by Crippen LogP contribution is -2.55. The van der Waals surface area contributed by atoms with Crippen LogP contribution >= 0.6 is 0 Å². The van der Waals surface area contributed by atoms with Crippen LogP contribution in [0.25, 0.3) is 0 Å². The van der Waals surface area contributed by atoms with Gasteiger partial charge in [0.1, 0.15) is 5.82 Å². The van der Waals surface area contributed by atoms with Gasteiger partial charge in [0.2, 0.25) is 0 Å². The van der Waals surface area contributed by atoms with Crippen LogP contribution in [-0.4, -0.2) is 49.2 Å². The molecule has 0 saturated carbocycles. The number of hydrogen-bond acceptors (Lipinski definition) is 5. The number of rotatable bonds is 2. The van der Waals surface area contributed by atoms with Gasteiger partial charge in [-0.05, 0) is 19.2 Å². The summed E-state index contributed by atoms with van der Waals surface area (Å²) in [5.41, 5.74) is 6.45. The Kier molecular flexibility index (Phi) is 3.57. The summed E-state index contributed by atoms with van der Waals surface area (Å²) in [6.45, 7) is 3.44. The number of anilines is 1. The second kappa shape index (κ2) is 5.13. The number of nitrogens with zero attached hydrogens (tertiary/aromatic N) is 4. The molecule has 2 heterocycles. The van der Waals surface area contributed by atoms with Crippen LogP contribution in [0.5, 0.6) is 0 Å². The molecule has 2 rings (SSSR count). The SMILES string of the molecule is CN1CCN(c2cc(C#N)ccn2)C(CN)C1. The zero-order valence-electron chi connectivity index (χ0n) is 10.0. The van der Waals surface area contributed by atoms with E-state index in [-0.39, 0.29) is 6.04 Å². The number of aromatic nitrogens is 1. The van der Waals surface area contributed by atoms with Gasteiger partial charge in [0.25, 0.3) is 0 Å². The van der Waals surface area contributed by atoms with Crippen LogP contribution in [0.3, 0.4) is 0 Å². The van der Waals surface area contributed by atoms with Gasteiger partial charge in [0.05, 0.1) is 17.7 Å². The largest absolute Gasteiger partial charge is 0.350 e. The van der Waals surface area contributed by atoms with E-state index in [2.05, 4.69) is 27.9 Å². The summed E-state index contributed by atoms with van der Waals surface area (Å²) >= 11 is 0. The fraction of sp³-hybridized carbons (Fsp3) is 0.500. The predicted molar refractivity (Wildman–Crippen MR) is 66.6 cm³/mol. The Bertz CT molecular complexity index is 425. The maximum atomic E-state index is 8.90. The van der Waals surface area contributed by atoms with Crippen molar-refractivity contribution in [3.05, 3.63) is 23.9 Å². The molecule has 5 heteroatoms. The van der Waals surface area contributed by atoms with Crippen LogP contribution in [0.15, 0.2) is 18.3 Å². The average molecular weight is 231 g/mol. The van der Waals surface area contributed by atoms with Gasteiger partial charge in [-0.2, -0.15) is 5.26 Å². The normalized spacial score (nSPS) is 21.2. The second-order valence-corrected chi connectivity index (χ2v) is 4.36. The van der Waals surface area contributed by atoms with Crippen molar-refractivity contribution in [3.63, 3.8) is 0 Å². The highest BCUT2D eigenvalue weighted by molar-refractivity contribution is 5.46. The van der Waals surface area contributed by atoms with E-state index in [0.717, 1.165) is 25.5 Å². The van der Waals surface area contributed by atoms with Crippen LogP contribution in [0.1, 0.15) is 5.56 Å². The molecule has 1 aromatic heterocycles. The Morgan fingerprint density at radius 2 is 2.41 bits per heavy atom. The molecule has 0 bridgehead atoms. The second-order valence-electron chi connectivity index (χ2n) is 4.36. The minimum atomic E-state index is 0.273. The fourth-order valence-corrected chi connectivity index (χ4v) is 2.16. The number of hydrogen-bond donors (Lipinski definition) is 1. The summed E-state index contributed by atoms with van der Waals surface area (Å²) in [6.07, 6.45) is 1.68. The molecule has 0 aliphatic carbocycles. The number of likely N-dealkylation sites (N-methyl/N-ethyl adjacent to an activating group) is 1. The van der Waals surface area contributed by atoms with Gasteiger partial charge in [-0.1, -0.05) is 0 Å². The molecular formula is C12H17N5. The molecule has 0 aromatic carbocycles. The topological polar surface area (TPSA) is 69.2 Å². The molecule has 1 atom stereocenters. The lowest BCUT2D eigenvalue weighted by atomic mass is 10.1. The molecule has 90 valence electrons. The highest BCUT2D eigenvalue weighted by atomic mass is 15.3. The maximum absolute atomic E-state index is 8.90. The Morgan fingerprint density at radius 1 is 1.59 bits per heavy atom. The van der Waals surface area contributed by atoms with E-state index in [1.54, 1.807) is 12.3 Å². The van der Waals surface area contributed by atoms with Crippen molar-refractivity contribution in [3.8, 4) is 6.07 Å². The maximum Gasteiger partial charge on any atom is 0.130 e. The highest BCUT2D eigenvalue weighted by Crippen LogP contribution is 2.18. The van der Waals surface area contributed by atoms with E-state index >= 15 is 0 Å². The summed E-state index contributed by atoms with van der Waals surface area (Å²) in [7, 11) is 2.10. The molecular weight excluding hydrogens is 214 g/mol. The highest BCUT2D eigenvalue weighted by Gasteiger charge is 2.25. The van der Waals surface area contributed by atoms with E-state index in [0.29, 0.717) is 12.1 Å². The number of nitrogens with two attached hydrogens (primary N) is 1. The summed E-state index contributed by atoms with van der Waals surface area (Å²) in [5, 5.41) is 8.90. The third kappa shape index (κ3) is 2.54. The molecule has 0 amide bonds. The van der Waals surface area contributed by atoms with Gasteiger partial charge in [-0.25, -0.2) is 4.98 Å². The van der Waals surface area contributed by atoms with Gasteiger partial charge < -0.3 is 15.5 Å². The van der Waals surface area contributed by atoms with E-state index < -0.39 is 0 Å². The van der Waals surface area contributed by atoms with Gasteiger partial charge >= 0.3 is 0 Å². The standard InChI is InChI=1S/C12H17N5/c1-16-4-5-17(11(8-14)9-16)12-6-10(7-13)2-3-15-12/h2-3,6,11H,4-5,8-9,14H2,1H3. The van der Waals surface area contributed by atoms with Crippen LogP contribution < -0.4 is 10.6 Å². The molecule has 5 nitrogen and oxygen atoms in total. The molecule has 0 radical (unpaired) electrons. The van der Waals surface area contributed by atoms with Crippen LogP contribution in [0, 0.1) is 11.3 Å². The molecule has 1 saturated heterocycles. The van der Waals surface area contributed by atoms with Crippen molar-refractivity contribution >= 4 is 5.82 Å². The van der Waals surface area contributed by atoms with Crippen molar-refractivity contribution in [2.75, 3.05) is 38.1 Å². The quantitative estimate of drug-likeness (QED) is 0.778. The Labute approximate surface area is 101 Å². The van der Waals surface area contributed by atoms with E-state index in [1.165, 1.54) is 0 Å². The number of piperazine rings is 1. The third-order valence-electron chi connectivity index (χ3n) is 3.13. The first-order valence-electron chi connectivity index (χ1n) is 5.76. The lowest BCUT2D eigenvalue weighted by Gasteiger charge is -2.40. The molecule has 1 aromatic rings. The molecule has 2 N–H and O–H groups in total. The summed E-state index contributed by atoms with van der Waals surface area (Å²) < 4.78 is 0. The summed E-state index contributed by atoms with van der Waals surface area (Å²) in [4.78, 5) is 8.80. The van der Waals surface area contributed by atoms with E-state index in [9.17, 15) is 0 Å². The van der Waals surface area contributed by atoms with Gasteiger partial charge in [-0.15, -0.1) is 0 Å². The Balaban J connectivity index is 2.22. The molecule has 1 aliphatic heterocycles. The van der Waals surface area contributed by atoms with Crippen molar-refractivity contribution in [1.29, 1.82) is 5.26 Å². The zero-order valence-corrected chi connectivity index (χ0v) is 10.0. The van der Waals surface area contributed by atoms with Crippen molar-refractivity contribution in [2.24, 2.45) is 5.73 Å². The minimum absolute atomic E-state index is 0.273. The van der Waals surface area contributed by atoms with Crippen molar-refractivity contribution < 1.29 is 0 Å². The first kappa shape index (κ1) is 11.8. The van der Waals surface area contributed by atoms with E-state index in [4.69, 9.17) is 11.0 Å². The first-order chi connectivity index (χ1) is 8.24. The van der Waals surface area contributed by atoms with Gasteiger partial charge in [0, 0.05) is 32.4 Å². The van der Waals surface area contributed by atoms with Crippen LogP contribution in [-0.2, 0) is 0 Å². The van der Waals surface area contributed by atoms with Gasteiger partial charge in [-0.3, -0.25) is 0 Å². The van der Waals surface area contributed by atoms with Crippen LogP contribution in [0.4, 0.5) is 5.82 Å². The first-order valence-corrected chi connectivity index (χ1v) is 5.76. The zero-order chi connectivity index (χ0) is 12.3. The van der Waals surface area contributed by atoms with Gasteiger partial charge in [0.15, 0.2) is 0 Å². The fourth-order valence-electron chi connectivity index (χ4n) is 2.16. The summed E-state index contributed by atoms with van der Waals surface area (Å²) in [5.74, 6) is 0.854. The molecule has 1 fully saturated rings. The monoisotopic (exact) mass is 231 g/mol. The predicted octanol–water partition coefficient (Wildman–Crippen LogP) is 0.0324. The van der Waals surface area contributed by atoms with E-state index in [1.807, 2.05) is 6.07 Å². The third-order valence-corrected chi connectivity index (χ3v) is 3.13. The molecule has 1 aliphatic rings. The molecule has 17 heavy (non-hydrogen) atoms. The number of nitriles is 1. The summed E-state index contributed by atoms with van der Waals surface area (Å²) in [6, 6.07) is 5.96. The van der Waals surface area contributed by atoms with Crippen molar-refractivity contribution in [1.82, 2.24) is 9.88 Å². The lowest BCUT2D eigenvalue weighted by molar-refractivity contribution is 0.269. The van der Waals surface area contributed by atoms with Crippen molar-refractivity contribution in [2.45, 2.75) is 6.04 Å². The molecule has 1 unspecified atom stereocenters.